The van der Waals surface area contributed by atoms with Crippen molar-refractivity contribution in [2.24, 2.45) is 5.92 Å². The van der Waals surface area contributed by atoms with Crippen molar-refractivity contribution in [1.29, 1.82) is 0 Å². The quantitative estimate of drug-likeness (QED) is 0.639. The summed E-state index contributed by atoms with van der Waals surface area (Å²) in [5.74, 6) is 1.33. The molecule has 1 atom stereocenters. The maximum absolute atomic E-state index is 10.6. The van der Waals surface area contributed by atoms with Gasteiger partial charge < -0.3 is 15.3 Å². The van der Waals surface area contributed by atoms with Crippen molar-refractivity contribution in [3.8, 4) is 28.1 Å². The van der Waals surface area contributed by atoms with Crippen LogP contribution in [-0.2, 0) is 0 Å². The van der Waals surface area contributed by atoms with Crippen LogP contribution in [0.5, 0.6) is 5.75 Å². The van der Waals surface area contributed by atoms with Gasteiger partial charge in [0.2, 0.25) is 5.95 Å². The van der Waals surface area contributed by atoms with Crippen molar-refractivity contribution >= 4 is 5.95 Å². The SMILES string of the molecule is Cc1cc(-c2cn[nH]c2)cc(O)c1-c1cnc(N2CCN[C@@H](C(C)C)C2)nn1. The molecule has 0 bridgehead atoms. The number of aromatic hydroxyl groups is 1. The van der Waals surface area contributed by atoms with Crippen LogP contribution in [0.1, 0.15) is 19.4 Å². The van der Waals surface area contributed by atoms with Gasteiger partial charge in [0.05, 0.1) is 12.4 Å². The first-order valence-corrected chi connectivity index (χ1v) is 9.54. The number of nitrogens with one attached hydrogen (secondary N) is 2. The third kappa shape index (κ3) is 3.55. The van der Waals surface area contributed by atoms with Crippen LogP contribution in [0.25, 0.3) is 22.4 Å². The summed E-state index contributed by atoms with van der Waals surface area (Å²) in [5, 5.41) is 29.6. The molecule has 2 aromatic heterocycles. The lowest BCUT2D eigenvalue weighted by Gasteiger charge is -2.35. The minimum atomic E-state index is 0.155. The number of hydrogen-bond acceptors (Lipinski definition) is 7. The summed E-state index contributed by atoms with van der Waals surface area (Å²) in [5.41, 5.74) is 3.93. The van der Waals surface area contributed by atoms with Gasteiger partial charge in [-0.05, 0) is 30.0 Å². The Labute approximate surface area is 164 Å². The van der Waals surface area contributed by atoms with Crippen LogP contribution in [0, 0.1) is 12.8 Å². The number of hydrogen-bond donors (Lipinski definition) is 3. The molecule has 28 heavy (non-hydrogen) atoms. The standard InChI is InChI=1S/C20H25N7O/c1-12(2)17-11-27(5-4-21-17)20-22-10-16(25-26-20)19-13(3)6-14(7-18(19)28)15-8-23-24-9-15/h6-10,12,17,21,28H,4-5,11H2,1-3H3,(H,23,24)/t17-/m1/s1. The van der Waals surface area contributed by atoms with E-state index in [4.69, 9.17) is 0 Å². The van der Waals surface area contributed by atoms with Crippen LogP contribution >= 0.6 is 0 Å². The van der Waals surface area contributed by atoms with Gasteiger partial charge in [-0.25, -0.2) is 4.98 Å². The molecule has 0 amide bonds. The summed E-state index contributed by atoms with van der Waals surface area (Å²) in [6.45, 7) is 8.99. The minimum absolute atomic E-state index is 0.155. The fourth-order valence-corrected chi connectivity index (χ4v) is 3.61. The summed E-state index contributed by atoms with van der Waals surface area (Å²) in [6.07, 6.45) is 5.21. The van der Waals surface area contributed by atoms with Gasteiger partial charge in [0, 0.05) is 43.0 Å². The van der Waals surface area contributed by atoms with Gasteiger partial charge in [0.15, 0.2) is 0 Å². The highest BCUT2D eigenvalue weighted by Crippen LogP contribution is 2.35. The molecule has 0 saturated carbocycles. The number of anilines is 1. The predicted molar refractivity (Wildman–Crippen MR) is 108 cm³/mol. The fourth-order valence-electron chi connectivity index (χ4n) is 3.61. The average Bonchev–Trinajstić information content (AvgIpc) is 3.23. The summed E-state index contributed by atoms with van der Waals surface area (Å²) < 4.78 is 0. The number of aromatic nitrogens is 5. The first-order chi connectivity index (χ1) is 13.5. The summed E-state index contributed by atoms with van der Waals surface area (Å²) >= 11 is 0. The number of rotatable bonds is 4. The van der Waals surface area contributed by atoms with Gasteiger partial charge in [-0.15, -0.1) is 10.2 Å². The molecule has 3 heterocycles. The number of aryl methyl sites for hydroxylation is 1. The van der Waals surface area contributed by atoms with Gasteiger partial charge >= 0.3 is 0 Å². The Morgan fingerprint density at radius 1 is 1.18 bits per heavy atom. The number of nitrogens with zero attached hydrogens (tertiary/aromatic N) is 5. The van der Waals surface area contributed by atoms with E-state index in [1.807, 2.05) is 13.0 Å². The molecule has 3 aromatic rings. The topological polar surface area (TPSA) is 103 Å². The molecule has 4 rings (SSSR count). The molecule has 1 aliphatic heterocycles. The molecule has 8 nitrogen and oxygen atoms in total. The lowest BCUT2D eigenvalue weighted by atomic mass is 9.99. The largest absolute Gasteiger partial charge is 0.507 e. The molecule has 8 heteroatoms. The number of benzene rings is 1. The first-order valence-electron chi connectivity index (χ1n) is 9.54. The van der Waals surface area contributed by atoms with Crippen molar-refractivity contribution in [3.63, 3.8) is 0 Å². The van der Waals surface area contributed by atoms with Crippen LogP contribution in [0.15, 0.2) is 30.7 Å². The van der Waals surface area contributed by atoms with Gasteiger partial charge in [-0.1, -0.05) is 19.9 Å². The second-order valence-electron chi connectivity index (χ2n) is 7.57. The van der Waals surface area contributed by atoms with Crippen LogP contribution in [0.4, 0.5) is 5.95 Å². The Bertz CT molecular complexity index is 915. The predicted octanol–water partition coefficient (Wildman–Crippen LogP) is 2.38. The number of aromatic amines is 1. The molecular formula is C20H25N7O. The lowest BCUT2D eigenvalue weighted by molar-refractivity contribution is 0.365. The Kier molecular flexibility index (Phi) is 4.95. The molecule has 0 spiro atoms. The van der Waals surface area contributed by atoms with E-state index in [-0.39, 0.29) is 5.75 Å². The van der Waals surface area contributed by atoms with E-state index in [2.05, 4.69) is 49.4 Å². The molecule has 0 unspecified atom stereocenters. The average molecular weight is 379 g/mol. The highest BCUT2D eigenvalue weighted by atomic mass is 16.3. The molecule has 1 aromatic carbocycles. The summed E-state index contributed by atoms with van der Waals surface area (Å²) in [4.78, 5) is 6.68. The normalized spacial score (nSPS) is 17.3. The molecule has 3 N–H and O–H groups in total. The van der Waals surface area contributed by atoms with Crippen molar-refractivity contribution < 1.29 is 5.11 Å². The Balaban J connectivity index is 1.59. The fraction of sp³-hybridized carbons (Fsp3) is 0.400. The van der Waals surface area contributed by atoms with E-state index in [0.717, 1.165) is 36.3 Å². The molecule has 0 radical (unpaired) electrons. The van der Waals surface area contributed by atoms with Crippen LogP contribution < -0.4 is 10.2 Å². The van der Waals surface area contributed by atoms with Gasteiger partial charge in [-0.2, -0.15) is 5.10 Å². The van der Waals surface area contributed by atoms with E-state index >= 15 is 0 Å². The third-order valence-electron chi connectivity index (χ3n) is 5.24. The number of phenols is 1. The summed E-state index contributed by atoms with van der Waals surface area (Å²) in [7, 11) is 0. The van der Waals surface area contributed by atoms with Crippen molar-refractivity contribution in [3.05, 3.63) is 36.3 Å². The van der Waals surface area contributed by atoms with Gasteiger partial charge in [0.1, 0.15) is 11.4 Å². The van der Waals surface area contributed by atoms with Crippen LogP contribution in [-0.4, -0.2) is 56.2 Å². The number of H-pyrrole nitrogens is 1. The minimum Gasteiger partial charge on any atom is -0.507 e. The van der Waals surface area contributed by atoms with E-state index in [0.29, 0.717) is 29.2 Å². The van der Waals surface area contributed by atoms with Crippen molar-refractivity contribution in [2.75, 3.05) is 24.5 Å². The molecule has 146 valence electrons. The van der Waals surface area contributed by atoms with Crippen molar-refractivity contribution in [1.82, 2.24) is 30.7 Å². The van der Waals surface area contributed by atoms with Crippen LogP contribution in [0.2, 0.25) is 0 Å². The Morgan fingerprint density at radius 3 is 2.68 bits per heavy atom. The first kappa shape index (κ1) is 18.4. The highest BCUT2D eigenvalue weighted by Gasteiger charge is 2.24. The Morgan fingerprint density at radius 2 is 2.04 bits per heavy atom. The maximum atomic E-state index is 10.6. The van der Waals surface area contributed by atoms with E-state index in [1.54, 1.807) is 24.7 Å². The number of piperazine rings is 1. The Hall–Kier alpha value is -3.00. The molecule has 0 aliphatic carbocycles. The highest BCUT2D eigenvalue weighted by molar-refractivity contribution is 5.76. The maximum Gasteiger partial charge on any atom is 0.245 e. The zero-order valence-electron chi connectivity index (χ0n) is 16.3. The zero-order chi connectivity index (χ0) is 19.7. The van der Waals surface area contributed by atoms with Crippen LogP contribution in [0.3, 0.4) is 0 Å². The van der Waals surface area contributed by atoms with E-state index < -0.39 is 0 Å². The summed E-state index contributed by atoms with van der Waals surface area (Å²) in [6, 6.07) is 4.13. The monoisotopic (exact) mass is 379 g/mol. The van der Waals surface area contributed by atoms with E-state index in [1.165, 1.54) is 0 Å². The van der Waals surface area contributed by atoms with E-state index in [9.17, 15) is 5.11 Å². The molecule has 1 aliphatic rings. The second kappa shape index (κ2) is 7.55. The molecule has 1 fully saturated rings. The third-order valence-corrected chi connectivity index (χ3v) is 5.24. The number of phenolic OH excluding ortho intramolecular Hbond substituents is 1. The molecule has 1 saturated heterocycles. The molecular weight excluding hydrogens is 354 g/mol. The van der Waals surface area contributed by atoms with Gasteiger partial charge in [-0.3, -0.25) is 5.10 Å². The second-order valence-corrected chi connectivity index (χ2v) is 7.57. The van der Waals surface area contributed by atoms with Gasteiger partial charge in [0.25, 0.3) is 0 Å². The zero-order valence-corrected chi connectivity index (χ0v) is 16.3. The lowest BCUT2D eigenvalue weighted by Crippen LogP contribution is -2.53. The smallest absolute Gasteiger partial charge is 0.245 e. The van der Waals surface area contributed by atoms with Crippen molar-refractivity contribution in [2.45, 2.75) is 26.8 Å².